The minimum Gasteiger partial charge on any atom is -0.354 e. The highest BCUT2D eigenvalue weighted by molar-refractivity contribution is 5.88. The minimum absolute atomic E-state index is 0.0426. The summed E-state index contributed by atoms with van der Waals surface area (Å²) in [5.74, 6) is -0.0916. The van der Waals surface area contributed by atoms with Crippen LogP contribution in [0.1, 0.15) is 19.3 Å². The van der Waals surface area contributed by atoms with Gasteiger partial charge in [0.2, 0.25) is 11.8 Å². The molecular formula is C12H22N4O2. The van der Waals surface area contributed by atoms with E-state index in [2.05, 4.69) is 20.9 Å². The van der Waals surface area contributed by atoms with Gasteiger partial charge in [-0.05, 0) is 32.4 Å². The average molecular weight is 254 g/mol. The first-order valence-corrected chi connectivity index (χ1v) is 6.76. The summed E-state index contributed by atoms with van der Waals surface area (Å²) in [6.07, 6.45) is 2.75. The lowest BCUT2D eigenvalue weighted by Crippen LogP contribution is -2.52. The van der Waals surface area contributed by atoms with Crippen LogP contribution in [0.5, 0.6) is 0 Å². The van der Waals surface area contributed by atoms with Crippen LogP contribution >= 0.6 is 0 Å². The lowest BCUT2D eigenvalue weighted by molar-refractivity contribution is -0.130. The molecule has 0 aromatic carbocycles. The van der Waals surface area contributed by atoms with Gasteiger partial charge in [0, 0.05) is 19.6 Å². The van der Waals surface area contributed by atoms with E-state index < -0.39 is 0 Å². The van der Waals surface area contributed by atoms with Gasteiger partial charge in [0.05, 0.1) is 6.54 Å². The molecule has 2 amide bonds. The topological polar surface area (TPSA) is 73.5 Å². The second-order valence-corrected chi connectivity index (χ2v) is 4.93. The van der Waals surface area contributed by atoms with Crippen LogP contribution in [-0.4, -0.2) is 62.0 Å². The van der Waals surface area contributed by atoms with E-state index in [0.29, 0.717) is 6.54 Å². The van der Waals surface area contributed by atoms with Crippen molar-refractivity contribution in [2.75, 3.05) is 39.3 Å². The van der Waals surface area contributed by atoms with Gasteiger partial charge < -0.3 is 16.0 Å². The highest BCUT2D eigenvalue weighted by Gasteiger charge is 2.24. The van der Waals surface area contributed by atoms with Crippen molar-refractivity contribution in [3.05, 3.63) is 0 Å². The molecular weight excluding hydrogens is 232 g/mol. The van der Waals surface area contributed by atoms with Gasteiger partial charge in [-0.1, -0.05) is 0 Å². The Kier molecular flexibility index (Phi) is 4.95. The van der Waals surface area contributed by atoms with Crippen molar-refractivity contribution in [3.8, 4) is 0 Å². The highest BCUT2D eigenvalue weighted by Crippen LogP contribution is 2.03. The van der Waals surface area contributed by atoms with Gasteiger partial charge in [-0.15, -0.1) is 0 Å². The van der Waals surface area contributed by atoms with Crippen molar-refractivity contribution >= 4 is 11.8 Å². The summed E-state index contributed by atoms with van der Waals surface area (Å²) in [5, 5.41) is 8.90. The van der Waals surface area contributed by atoms with Crippen LogP contribution < -0.4 is 16.0 Å². The molecule has 6 heteroatoms. The maximum atomic E-state index is 11.9. The van der Waals surface area contributed by atoms with Gasteiger partial charge >= 0.3 is 0 Å². The van der Waals surface area contributed by atoms with Crippen molar-refractivity contribution in [2.24, 2.45) is 0 Å². The molecule has 2 saturated heterocycles. The van der Waals surface area contributed by atoms with Gasteiger partial charge in [-0.25, -0.2) is 0 Å². The number of nitrogens with one attached hydrogen (secondary N) is 3. The largest absolute Gasteiger partial charge is 0.354 e. The predicted molar refractivity (Wildman–Crippen MR) is 68.1 cm³/mol. The summed E-state index contributed by atoms with van der Waals surface area (Å²) < 4.78 is 0. The molecule has 0 bridgehead atoms. The lowest BCUT2D eigenvalue weighted by atomic mass is 10.1. The quantitative estimate of drug-likeness (QED) is 0.584. The van der Waals surface area contributed by atoms with E-state index in [0.717, 1.165) is 52.0 Å². The molecule has 0 aromatic heterocycles. The zero-order chi connectivity index (χ0) is 12.8. The molecule has 2 heterocycles. The van der Waals surface area contributed by atoms with Gasteiger partial charge in [0.1, 0.15) is 6.04 Å². The first-order valence-electron chi connectivity index (χ1n) is 6.76. The Morgan fingerprint density at radius 2 is 2.17 bits per heavy atom. The highest BCUT2D eigenvalue weighted by atomic mass is 16.2. The van der Waals surface area contributed by atoms with Gasteiger partial charge in [0.15, 0.2) is 0 Å². The second kappa shape index (κ2) is 6.70. The Labute approximate surface area is 107 Å². The lowest BCUT2D eigenvalue weighted by Gasteiger charge is -2.25. The zero-order valence-electron chi connectivity index (χ0n) is 10.7. The number of hydrogen-bond acceptors (Lipinski definition) is 4. The van der Waals surface area contributed by atoms with Crippen LogP contribution in [0.4, 0.5) is 0 Å². The standard InChI is InChI=1S/C12H22N4O2/c17-11(9-16-7-2-4-13-6-8-16)15-10-3-1-5-14-12(10)18/h10,13H,1-9H2,(H,14,18)(H,15,17). The first kappa shape index (κ1) is 13.3. The maximum absolute atomic E-state index is 11.9. The molecule has 3 N–H and O–H groups in total. The third-order valence-corrected chi connectivity index (χ3v) is 3.42. The smallest absolute Gasteiger partial charge is 0.242 e. The summed E-state index contributed by atoms with van der Waals surface area (Å²) in [6.45, 7) is 4.90. The number of rotatable bonds is 3. The molecule has 0 aromatic rings. The van der Waals surface area contributed by atoms with Crippen molar-refractivity contribution < 1.29 is 9.59 Å². The van der Waals surface area contributed by atoms with E-state index in [4.69, 9.17) is 0 Å². The van der Waals surface area contributed by atoms with Gasteiger partial charge in [-0.3, -0.25) is 14.5 Å². The van der Waals surface area contributed by atoms with Crippen molar-refractivity contribution in [1.82, 2.24) is 20.9 Å². The third-order valence-electron chi connectivity index (χ3n) is 3.42. The summed E-state index contributed by atoms with van der Waals surface area (Å²) >= 11 is 0. The van der Waals surface area contributed by atoms with Crippen LogP contribution in [-0.2, 0) is 9.59 Å². The molecule has 0 radical (unpaired) electrons. The van der Waals surface area contributed by atoms with Crippen molar-refractivity contribution in [1.29, 1.82) is 0 Å². The van der Waals surface area contributed by atoms with Crippen molar-refractivity contribution in [2.45, 2.75) is 25.3 Å². The molecule has 2 aliphatic rings. The molecule has 0 spiro atoms. The molecule has 2 rings (SSSR count). The van der Waals surface area contributed by atoms with Gasteiger partial charge in [-0.2, -0.15) is 0 Å². The fourth-order valence-corrected chi connectivity index (χ4v) is 2.41. The molecule has 102 valence electrons. The first-order chi connectivity index (χ1) is 8.75. The van der Waals surface area contributed by atoms with Crippen molar-refractivity contribution in [3.63, 3.8) is 0 Å². The summed E-state index contributed by atoms with van der Waals surface area (Å²) in [5.41, 5.74) is 0. The Morgan fingerprint density at radius 3 is 3.00 bits per heavy atom. The number of hydrogen-bond donors (Lipinski definition) is 3. The van der Waals surface area contributed by atoms with E-state index in [1.54, 1.807) is 0 Å². The maximum Gasteiger partial charge on any atom is 0.242 e. The molecule has 18 heavy (non-hydrogen) atoms. The Bertz CT molecular complexity index is 300. The average Bonchev–Trinajstić information content (AvgIpc) is 2.61. The van der Waals surface area contributed by atoms with E-state index in [1.807, 2.05) is 0 Å². The third kappa shape index (κ3) is 3.96. The monoisotopic (exact) mass is 254 g/mol. The van der Waals surface area contributed by atoms with E-state index in [9.17, 15) is 9.59 Å². The minimum atomic E-state index is -0.337. The zero-order valence-corrected chi connectivity index (χ0v) is 10.7. The van der Waals surface area contributed by atoms with Crippen LogP contribution in [0.3, 0.4) is 0 Å². The Morgan fingerprint density at radius 1 is 1.28 bits per heavy atom. The number of nitrogens with zero attached hydrogens (tertiary/aromatic N) is 1. The van der Waals surface area contributed by atoms with Crippen LogP contribution in [0.2, 0.25) is 0 Å². The molecule has 2 fully saturated rings. The van der Waals surface area contributed by atoms with E-state index >= 15 is 0 Å². The summed E-state index contributed by atoms with van der Waals surface area (Å²) in [7, 11) is 0. The Hall–Kier alpha value is -1.14. The number of amides is 2. The summed E-state index contributed by atoms with van der Waals surface area (Å²) in [6, 6.07) is -0.337. The van der Waals surface area contributed by atoms with Crippen LogP contribution in [0.15, 0.2) is 0 Å². The van der Waals surface area contributed by atoms with E-state index in [1.165, 1.54) is 0 Å². The predicted octanol–water partition coefficient (Wildman–Crippen LogP) is -1.32. The molecule has 1 atom stereocenters. The normalized spacial score (nSPS) is 26.2. The number of carbonyl (C=O) groups is 2. The molecule has 6 nitrogen and oxygen atoms in total. The van der Waals surface area contributed by atoms with Crippen LogP contribution in [0.25, 0.3) is 0 Å². The van der Waals surface area contributed by atoms with E-state index in [-0.39, 0.29) is 17.9 Å². The Balaban J connectivity index is 1.75. The fourth-order valence-electron chi connectivity index (χ4n) is 2.41. The number of piperidine rings is 1. The number of carbonyl (C=O) groups excluding carboxylic acids is 2. The van der Waals surface area contributed by atoms with Crippen LogP contribution in [0, 0.1) is 0 Å². The molecule has 2 aliphatic heterocycles. The van der Waals surface area contributed by atoms with Gasteiger partial charge in [0.25, 0.3) is 0 Å². The second-order valence-electron chi connectivity index (χ2n) is 4.93. The fraction of sp³-hybridized carbons (Fsp3) is 0.833. The molecule has 0 aliphatic carbocycles. The molecule has 0 saturated carbocycles. The molecule has 1 unspecified atom stereocenters. The summed E-state index contributed by atoms with van der Waals surface area (Å²) in [4.78, 5) is 25.5. The SMILES string of the molecule is O=C(CN1CCCNCC1)NC1CCCNC1=O.